The lowest BCUT2D eigenvalue weighted by Crippen LogP contribution is -2.44. The van der Waals surface area contributed by atoms with E-state index in [1.54, 1.807) is 6.92 Å². The molecule has 0 amide bonds. The smallest absolute Gasteiger partial charge is 0.191 e. The SMILES string of the molecule is CCNC(=NCc1ccn(-c2ccccc2)n1)NCC(C)(O)c1ccccc1. The molecule has 0 saturated carbocycles. The summed E-state index contributed by atoms with van der Waals surface area (Å²) in [7, 11) is 0. The van der Waals surface area contributed by atoms with Crippen LogP contribution in [0.4, 0.5) is 0 Å². The quantitative estimate of drug-likeness (QED) is 0.437. The van der Waals surface area contributed by atoms with Crippen LogP contribution < -0.4 is 10.6 Å². The number of benzene rings is 2. The van der Waals surface area contributed by atoms with E-state index in [1.807, 2.05) is 84.5 Å². The summed E-state index contributed by atoms with van der Waals surface area (Å²) in [5.41, 5.74) is 1.75. The van der Waals surface area contributed by atoms with Crippen molar-refractivity contribution in [2.24, 2.45) is 4.99 Å². The molecule has 6 heteroatoms. The van der Waals surface area contributed by atoms with Gasteiger partial charge in [-0.15, -0.1) is 0 Å². The molecule has 3 rings (SSSR count). The van der Waals surface area contributed by atoms with Crippen LogP contribution in [0.1, 0.15) is 25.1 Å². The fourth-order valence-corrected chi connectivity index (χ4v) is 2.83. The predicted octanol–water partition coefficient (Wildman–Crippen LogP) is 2.84. The molecular formula is C22H27N5O. The first-order valence-electron chi connectivity index (χ1n) is 9.48. The van der Waals surface area contributed by atoms with Crippen LogP contribution in [0.2, 0.25) is 0 Å². The summed E-state index contributed by atoms with van der Waals surface area (Å²) >= 11 is 0. The number of nitrogens with one attached hydrogen (secondary N) is 2. The fourth-order valence-electron chi connectivity index (χ4n) is 2.83. The third kappa shape index (κ3) is 5.20. The van der Waals surface area contributed by atoms with E-state index < -0.39 is 5.60 Å². The van der Waals surface area contributed by atoms with Crippen molar-refractivity contribution in [2.75, 3.05) is 13.1 Å². The van der Waals surface area contributed by atoms with Crippen molar-refractivity contribution < 1.29 is 5.11 Å². The van der Waals surface area contributed by atoms with Crippen LogP contribution in [-0.2, 0) is 12.1 Å². The number of nitrogens with zero attached hydrogens (tertiary/aromatic N) is 3. The molecule has 0 aliphatic rings. The topological polar surface area (TPSA) is 74.5 Å². The van der Waals surface area contributed by atoms with Crippen molar-refractivity contribution in [3.8, 4) is 5.69 Å². The molecule has 28 heavy (non-hydrogen) atoms. The Morgan fingerprint density at radius 3 is 2.39 bits per heavy atom. The van der Waals surface area contributed by atoms with Gasteiger partial charge in [0, 0.05) is 12.7 Å². The van der Waals surface area contributed by atoms with Gasteiger partial charge >= 0.3 is 0 Å². The zero-order valence-corrected chi connectivity index (χ0v) is 16.3. The minimum atomic E-state index is -0.994. The fraction of sp³-hybridized carbons (Fsp3) is 0.273. The van der Waals surface area contributed by atoms with Gasteiger partial charge in [-0.25, -0.2) is 9.67 Å². The summed E-state index contributed by atoms with van der Waals surface area (Å²) in [6, 6.07) is 21.6. The Morgan fingerprint density at radius 1 is 1.04 bits per heavy atom. The van der Waals surface area contributed by atoms with Gasteiger partial charge in [0.2, 0.25) is 0 Å². The summed E-state index contributed by atoms with van der Waals surface area (Å²) < 4.78 is 1.84. The molecule has 0 aliphatic heterocycles. The Hall–Kier alpha value is -3.12. The third-order valence-corrected chi connectivity index (χ3v) is 4.40. The number of guanidine groups is 1. The maximum absolute atomic E-state index is 10.8. The summed E-state index contributed by atoms with van der Waals surface area (Å²) in [4.78, 5) is 4.59. The Balaban J connectivity index is 1.64. The van der Waals surface area contributed by atoms with E-state index in [0.29, 0.717) is 19.0 Å². The molecule has 0 radical (unpaired) electrons. The molecule has 0 bridgehead atoms. The first kappa shape index (κ1) is 19.6. The number of hydrogen-bond acceptors (Lipinski definition) is 3. The Labute approximate surface area is 165 Å². The molecule has 1 unspecified atom stereocenters. The average molecular weight is 377 g/mol. The standard InChI is InChI=1S/C22H27N5O/c1-3-23-21(25-17-22(2,28)18-10-6-4-7-11-18)24-16-19-14-15-27(26-19)20-12-8-5-9-13-20/h4-15,28H,3,16-17H2,1-2H3,(H2,23,24,25). The van der Waals surface area contributed by atoms with E-state index >= 15 is 0 Å². The van der Waals surface area contributed by atoms with E-state index in [2.05, 4.69) is 20.7 Å². The van der Waals surface area contributed by atoms with Gasteiger partial charge in [-0.3, -0.25) is 0 Å². The molecule has 0 fully saturated rings. The summed E-state index contributed by atoms with van der Waals surface area (Å²) in [6.07, 6.45) is 1.93. The molecular weight excluding hydrogens is 350 g/mol. The molecule has 3 aromatic rings. The van der Waals surface area contributed by atoms with Gasteiger partial charge in [0.15, 0.2) is 5.96 Å². The van der Waals surface area contributed by atoms with Gasteiger partial charge in [0.1, 0.15) is 5.60 Å². The van der Waals surface area contributed by atoms with Gasteiger partial charge in [0.05, 0.1) is 24.5 Å². The van der Waals surface area contributed by atoms with Gasteiger partial charge < -0.3 is 15.7 Å². The summed E-state index contributed by atoms with van der Waals surface area (Å²) in [6.45, 7) is 5.33. The van der Waals surface area contributed by atoms with E-state index in [4.69, 9.17) is 0 Å². The zero-order valence-electron chi connectivity index (χ0n) is 16.3. The predicted molar refractivity (Wildman–Crippen MR) is 112 cm³/mol. The minimum Gasteiger partial charge on any atom is -0.384 e. The lowest BCUT2D eigenvalue weighted by atomic mass is 9.96. The van der Waals surface area contributed by atoms with Crippen molar-refractivity contribution in [2.45, 2.75) is 26.0 Å². The largest absolute Gasteiger partial charge is 0.384 e. The Kier molecular flexibility index (Phi) is 6.45. The van der Waals surface area contributed by atoms with Crippen molar-refractivity contribution in [3.05, 3.63) is 84.2 Å². The van der Waals surface area contributed by atoms with Crippen molar-refractivity contribution in [3.63, 3.8) is 0 Å². The lowest BCUT2D eigenvalue weighted by molar-refractivity contribution is 0.0617. The first-order chi connectivity index (χ1) is 13.6. The average Bonchev–Trinajstić information content (AvgIpc) is 3.20. The van der Waals surface area contributed by atoms with Crippen molar-refractivity contribution in [1.29, 1.82) is 0 Å². The van der Waals surface area contributed by atoms with Crippen LogP contribution in [0.25, 0.3) is 5.69 Å². The monoisotopic (exact) mass is 377 g/mol. The summed E-state index contributed by atoms with van der Waals surface area (Å²) in [5, 5.41) is 21.8. The highest BCUT2D eigenvalue weighted by Crippen LogP contribution is 2.18. The second-order valence-corrected chi connectivity index (χ2v) is 6.78. The van der Waals surface area contributed by atoms with E-state index in [9.17, 15) is 5.11 Å². The Bertz CT molecular complexity index is 888. The van der Waals surface area contributed by atoms with Crippen LogP contribution in [-0.4, -0.2) is 33.9 Å². The molecule has 0 spiro atoms. The molecule has 0 saturated heterocycles. The van der Waals surface area contributed by atoms with Gasteiger partial charge in [-0.2, -0.15) is 5.10 Å². The number of aliphatic imine (C=N–C) groups is 1. The van der Waals surface area contributed by atoms with Crippen LogP contribution in [0.15, 0.2) is 77.9 Å². The Morgan fingerprint density at radius 2 is 1.71 bits per heavy atom. The maximum Gasteiger partial charge on any atom is 0.191 e. The third-order valence-electron chi connectivity index (χ3n) is 4.40. The second kappa shape index (κ2) is 9.19. The second-order valence-electron chi connectivity index (χ2n) is 6.78. The van der Waals surface area contributed by atoms with Gasteiger partial charge in [-0.1, -0.05) is 48.5 Å². The molecule has 0 aliphatic carbocycles. The molecule has 3 N–H and O–H groups in total. The first-order valence-corrected chi connectivity index (χ1v) is 9.48. The van der Waals surface area contributed by atoms with Crippen LogP contribution in [0.5, 0.6) is 0 Å². The number of aromatic nitrogens is 2. The van der Waals surface area contributed by atoms with Gasteiger partial charge in [-0.05, 0) is 37.6 Å². The number of hydrogen-bond donors (Lipinski definition) is 3. The highest BCUT2D eigenvalue weighted by Gasteiger charge is 2.22. The zero-order chi connectivity index (χ0) is 19.8. The normalized spacial score (nSPS) is 13.8. The molecule has 2 aromatic carbocycles. The summed E-state index contributed by atoms with van der Waals surface area (Å²) in [5.74, 6) is 0.646. The van der Waals surface area contributed by atoms with Gasteiger partial charge in [0.25, 0.3) is 0 Å². The highest BCUT2D eigenvalue weighted by atomic mass is 16.3. The number of rotatable bonds is 7. The number of para-hydroxylation sites is 1. The molecule has 1 aromatic heterocycles. The van der Waals surface area contributed by atoms with Crippen molar-refractivity contribution >= 4 is 5.96 Å². The maximum atomic E-state index is 10.8. The van der Waals surface area contributed by atoms with Crippen LogP contribution >= 0.6 is 0 Å². The van der Waals surface area contributed by atoms with E-state index in [-0.39, 0.29) is 0 Å². The molecule has 1 heterocycles. The molecule has 146 valence electrons. The van der Waals surface area contributed by atoms with E-state index in [0.717, 1.165) is 23.5 Å². The molecule has 1 atom stereocenters. The number of aliphatic hydroxyl groups is 1. The minimum absolute atomic E-state index is 0.349. The molecule has 6 nitrogen and oxygen atoms in total. The lowest BCUT2D eigenvalue weighted by Gasteiger charge is -2.25. The van der Waals surface area contributed by atoms with Crippen LogP contribution in [0, 0.1) is 0 Å². The van der Waals surface area contributed by atoms with Crippen molar-refractivity contribution in [1.82, 2.24) is 20.4 Å². The highest BCUT2D eigenvalue weighted by molar-refractivity contribution is 5.79. The van der Waals surface area contributed by atoms with Crippen LogP contribution in [0.3, 0.4) is 0 Å². The van der Waals surface area contributed by atoms with E-state index in [1.165, 1.54) is 0 Å².